The van der Waals surface area contributed by atoms with E-state index < -0.39 is 17.6 Å². The third kappa shape index (κ3) is 1.86. The molecule has 88 valence electrons. The van der Waals surface area contributed by atoms with Crippen molar-refractivity contribution in [3.05, 3.63) is 23.6 Å². The minimum atomic E-state index is -1.24. The van der Waals surface area contributed by atoms with Crippen LogP contribution in [0.4, 0.5) is 19.0 Å². The number of nitrogens with zero attached hydrogens (tertiary/aromatic N) is 2. The topological polar surface area (TPSA) is 16.1 Å². The van der Waals surface area contributed by atoms with Crippen molar-refractivity contribution in [3.63, 3.8) is 0 Å². The fourth-order valence-electron chi connectivity index (χ4n) is 2.18. The number of pyridine rings is 1. The lowest BCUT2D eigenvalue weighted by Gasteiger charge is -2.24. The molecule has 1 atom stereocenters. The van der Waals surface area contributed by atoms with E-state index in [1.54, 1.807) is 4.90 Å². The Kier molecular flexibility index (Phi) is 3.03. The van der Waals surface area contributed by atoms with Crippen molar-refractivity contribution in [1.29, 1.82) is 0 Å². The van der Waals surface area contributed by atoms with Crippen LogP contribution in [0.15, 0.2) is 6.07 Å². The average Bonchev–Trinajstić information content (AvgIpc) is 2.71. The van der Waals surface area contributed by atoms with Gasteiger partial charge in [0.1, 0.15) is 0 Å². The van der Waals surface area contributed by atoms with E-state index in [2.05, 4.69) is 4.98 Å². The van der Waals surface area contributed by atoms with E-state index in [9.17, 15) is 13.2 Å². The summed E-state index contributed by atoms with van der Waals surface area (Å²) in [6, 6.07) is 0.731. The Hall–Kier alpha value is -1.26. The molecule has 2 heterocycles. The molecule has 0 spiro atoms. The van der Waals surface area contributed by atoms with Gasteiger partial charge in [-0.3, -0.25) is 0 Å². The lowest BCUT2D eigenvalue weighted by Crippen LogP contribution is -2.30. The monoisotopic (exact) mass is 230 g/mol. The summed E-state index contributed by atoms with van der Waals surface area (Å²) in [5, 5.41) is 0. The molecule has 0 aromatic carbocycles. The van der Waals surface area contributed by atoms with Gasteiger partial charge in [0.15, 0.2) is 17.5 Å². The summed E-state index contributed by atoms with van der Waals surface area (Å²) in [4.78, 5) is 5.08. The van der Waals surface area contributed by atoms with Crippen molar-refractivity contribution in [3.8, 4) is 0 Å². The molecule has 1 aromatic heterocycles. The maximum absolute atomic E-state index is 13.5. The summed E-state index contributed by atoms with van der Waals surface area (Å²) in [6.45, 7) is 2.63. The highest BCUT2D eigenvalue weighted by Crippen LogP contribution is 2.28. The maximum Gasteiger partial charge on any atom is 0.251 e. The van der Waals surface area contributed by atoms with Gasteiger partial charge >= 0.3 is 0 Å². The molecule has 0 aliphatic carbocycles. The number of hydrogen-bond donors (Lipinski definition) is 0. The molecule has 0 radical (unpaired) electrons. The Balaban J connectivity index is 2.36. The van der Waals surface area contributed by atoms with Gasteiger partial charge in [-0.25, -0.2) is 8.78 Å². The SMILES string of the molecule is CCC1CCCN1c1nc(F)c(F)cc1F. The van der Waals surface area contributed by atoms with Crippen molar-refractivity contribution in [2.75, 3.05) is 11.4 Å². The van der Waals surface area contributed by atoms with Gasteiger partial charge in [0, 0.05) is 18.7 Å². The highest BCUT2D eigenvalue weighted by molar-refractivity contribution is 5.42. The third-order valence-electron chi connectivity index (χ3n) is 2.99. The summed E-state index contributed by atoms with van der Waals surface area (Å²) in [7, 11) is 0. The summed E-state index contributed by atoms with van der Waals surface area (Å²) in [5.74, 6) is -3.34. The number of rotatable bonds is 2. The second-order valence-corrected chi connectivity index (χ2v) is 3.96. The highest BCUT2D eigenvalue weighted by Gasteiger charge is 2.27. The largest absolute Gasteiger partial charge is 0.351 e. The van der Waals surface area contributed by atoms with Crippen LogP contribution in [0.25, 0.3) is 0 Å². The lowest BCUT2D eigenvalue weighted by molar-refractivity contribution is 0.461. The first-order valence-electron chi connectivity index (χ1n) is 5.41. The quantitative estimate of drug-likeness (QED) is 0.726. The first-order chi connectivity index (χ1) is 7.63. The molecule has 2 nitrogen and oxygen atoms in total. The van der Waals surface area contributed by atoms with Crippen LogP contribution < -0.4 is 4.90 Å². The molecule has 5 heteroatoms. The number of halogens is 3. The Morgan fingerprint density at radius 3 is 2.81 bits per heavy atom. The van der Waals surface area contributed by atoms with Crippen LogP contribution in [0.1, 0.15) is 26.2 Å². The number of hydrogen-bond acceptors (Lipinski definition) is 2. The molecule has 1 fully saturated rings. The molecular weight excluding hydrogens is 217 g/mol. The molecule has 1 aliphatic heterocycles. The molecule has 1 unspecified atom stereocenters. The van der Waals surface area contributed by atoms with Crippen LogP contribution in [0.5, 0.6) is 0 Å². The van der Waals surface area contributed by atoms with Gasteiger partial charge < -0.3 is 4.90 Å². The second kappa shape index (κ2) is 4.31. The molecule has 16 heavy (non-hydrogen) atoms. The standard InChI is InChI=1S/C11H13F3N2/c1-2-7-4-3-5-16(7)11-9(13)6-8(12)10(14)15-11/h6-7H,2-5H2,1H3. The summed E-state index contributed by atoms with van der Waals surface area (Å²) >= 11 is 0. The molecule has 1 saturated heterocycles. The Labute approximate surface area is 92.1 Å². The predicted molar refractivity (Wildman–Crippen MR) is 54.8 cm³/mol. The molecule has 0 amide bonds. The normalized spacial score (nSPS) is 20.5. The van der Waals surface area contributed by atoms with Crippen LogP contribution in [0.3, 0.4) is 0 Å². The van der Waals surface area contributed by atoms with E-state index in [4.69, 9.17) is 0 Å². The van der Waals surface area contributed by atoms with E-state index in [0.29, 0.717) is 12.6 Å². The van der Waals surface area contributed by atoms with Crippen molar-refractivity contribution < 1.29 is 13.2 Å². The number of anilines is 1. The van der Waals surface area contributed by atoms with Gasteiger partial charge in [-0.15, -0.1) is 0 Å². The predicted octanol–water partition coefficient (Wildman–Crippen LogP) is 2.88. The summed E-state index contributed by atoms with van der Waals surface area (Å²) in [5.41, 5.74) is 0. The van der Waals surface area contributed by atoms with Crippen LogP contribution in [0, 0.1) is 17.6 Å². The Bertz CT molecular complexity index is 395. The van der Waals surface area contributed by atoms with Crippen molar-refractivity contribution in [2.24, 2.45) is 0 Å². The van der Waals surface area contributed by atoms with Crippen LogP contribution in [-0.4, -0.2) is 17.6 Å². The third-order valence-corrected chi connectivity index (χ3v) is 2.99. The van der Waals surface area contributed by atoms with Gasteiger partial charge in [-0.2, -0.15) is 9.37 Å². The average molecular weight is 230 g/mol. The molecular formula is C11H13F3N2. The van der Waals surface area contributed by atoms with E-state index in [0.717, 1.165) is 19.3 Å². The van der Waals surface area contributed by atoms with Gasteiger partial charge in [0.2, 0.25) is 0 Å². The zero-order valence-electron chi connectivity index (χ0n) is 9.01. The lowest BCUT2D eigenvalue weighted by atomic mass is 10.2. The van der Waals surface area contributed by atoms with Crippen LogP contribution >= 0.6 is 0 Å². The molecule has 0 bridgehead atoms. The first kappa shape index (κ1) is 11.2. The first-order valence-corrected chi connectivity index (χ1v) is 5.41. The second-order valence-electron chi connectivity index (χ2n) is 3.96. The fourth-order valence-corrected chi connectivity index (χ4v) is 2.18. The van der Waals surface area contributed by atoms with Gasteiger partial charge in [0.25, 0.3) is 5.95 Å². The van der Waals surface area contributed by atoms with Crippen LogP contribution in [0.2, 0.25) is 0 Å². The van der Waals surface area contributed by atoms with E-state index in [1.807, 2.05) is 6.92 Å². The van der Waals surface area contributed by atoms with Gasteiger partial charge in [-0.05, 0) is 19.3 Å². The molecule has 1 aliphatic rings. The summed E-state index contributed by atoms with van der Waals surface area (Å²) < 4.78 is 39.2. The molecule has 1 aromatic rings. The Morgan fingerprint density at radius 1 is 1.38 bits per heavy atom. The molecule has 0 saturated carbocycles. The minimum Gasteiger partial charge on any atom is -0.351 e. The smallest absolute Gasteiger partial charge is 0.251 e. The van der Waals surface area contributed by atoms with E-state index >= 15 is 0 Å². The molecule has 0 N–H and O–H groups in total. The fraction of sp³-hybridized carbons (Fsp3) is 0.545. The number of aromatic nitrogens is 1. The maximum atomic E-state index is 13.5. The molecule has 2 rings (SSSR count). The Morgan fingerprint density at radius 2 is 2.12 bits per heavy atom. The zero-order valence-corrected chi connectivity index (χ0v) is 9.01. The van der Waals surface area contributed by atoms with E-state index in [1.165, 1.54) is 0 Å². The van der Waals surface area contributed by atoms with Gasteiger partial charge in [0.05, 0.1) is 0 Å². The minimum absolute atomic E-state index is 0.0664. The van der Waals surface area contributed by atoms with Crippen molar-refractivity contribution in [2.45, 2.75) is 32.2 Å². The van der Waals surface area contributed by atoms with Gasteiger partial charge in [-0.1, -0.05) is 6.92 Å². The van der Waals surface area contributed by atoms with Crippen LogP contribution in [-0.2, 0) is 0 Å². The highest BCUT2D eigenvalue weighted by atomic mass is 19.2. The zero-order chi connectivity index (χ0) is 11.7. The van der Waals surface area contributed by atoms with Crippen molar-refractivity contribution >= 4 is 5.82 Å². The summed E-state index contributed by atoms with van der Waals surface area (Å²) in [6.07, 6.45) is 2.72. The van der Waals surface area contributed by atoms with E-state index in [-0.39, 0.29) is 11.9 Å². The van der Waals surface area contributed by atoms with Crippen molar-refractivity contribution in [1.82, 2.24) is 4.98 Å².